The minimum atomic E-state index is -0.376. The van der Waals surface area contributed by atoms with E-state index in [1.54, 1.807) is 24.3 Å². The molecule has 0 bridgehead atoms. The first-order chi connectivity index (χ1) is 18.1. The number of hydrogen-bond donors (Lipinski definition) is 0. The Morgan fingerprint density at radius 2 is 1.49 bits per heavy atom. The zero-order valence-corrected chi connectivity index (χ0v) is 22.3. The molecule has 1 fully saturated rings. The van der Waals surface area contributed by atoms with Crippen LogP contribution in [0.3, 0.4) is 0 Å². The normalized spacial score (nSPS) is 17.1. The second-order valence-corrected chi connectivity index (χ2v) is 9.98. The third-order valence-electron chi connectivity index (χ3n) is 7.18. The van der Waals surface area contributed by atoms with Crippen LogP contribution in [0, 0.1) is 5.92 Å². The van der Waals surface area contributed by atoms with Crippen molar-refractivity contribution < 1.29 is 23.8 Å². The van der Waals surface area contributed by atoms with Crippen LogP contribution in [-0.2, 0) is 9.53 Å². The van der Waals surface area contributed by atoms with Crippen LogP contribution in [0.5, 0.6) is 11.5 Å². The van der Waals surface area contributed by atoms with E-state index in [0.717, 1.165) is 37.4 Å². The summed E-state index contributed by atoms with van der Waals surface area (Å²) in [5.41, 5.74) is 1.85. The van der Waals surface area contributed by atoms with Gasteiger partial charge in [-0.05, 0) is 105 Å². The van der Waals surface area contributed by atoms with Crippen LogP contribution in [0.25, 0.3) is 0 Å². The summed E-state index contributed by atoms with van der Waals surface area (Å²) in [7, 11) is 0. The first-order valence-electron chi connectivity index (χ1n) is 13.9. The van der Waals surface area contributed by atoms with Gasteiger partial charge in [0, 0.05) is 6.08 Å². The van der Waals surface area contributed by atoms with Gasteiger partial charge in [-0.1, -0.05) is 44.9 Å². The highest BCUT2D eigenvalue weighted by Gasteiger charge is 2.22. The zero-order chi connectivity index (χ0) is 26.3. The molecule has 1 saturated carbocycles. The minimum Gasteiger partial charge on any atom is -0.494 e. The largest absolute Gasteiger partial charge is 0.494 e. The van der Waals surface area contributed by atoms with E-state index in [4.69, 9.17) is 14.2 Å². The van der Waals surface area contributed by atoms with Crippen molar-refractivity contribution in [3.63, 3.8) is 0 Å². The number of rotatable bonds is 15. The molecule has 0 atom stereocenters. The third-order valence-corrected chi connectivity index (χ3v) is 7.18. The standard InChI is InChI=1S/C32H42O5/c1-3-5-10-25-11-13-26(14-12-25)27-15-21-30(22-16-27)37-32(34)28-17-19-29(20-18-28)35-23-8-6-7-9-24-36-31(33)4-2/h4,15-22,25-26H,2-3,5-14,23-24H2,1H3. The molecule has 1 aliphatic rings. The van der Waals surface area contributed by atoms with Crippen LogP contribution >= 0.6 is 0 Å². The average Bonchev–Trinajstić information content (AvgIpc) is 2.94. The molecule has 0 aromatic heterocycles. The van der Waals surface area contributed by atoms with E-state index in [0.29, 0.717) is 30.4 Å². The molecule has 5 nitrogen and oxygen atoms in total. The van der Waals surface area contributed by atoms with Gasteiger partial charge in [0.05, 0.1) is 18.8 Å². The van der Waals surface area contributed by atoms with Crippen molar-refractivity contribution in [1.29, 1.82) is 0 Å². The Morgan fingerprint density at radius 3 is 2.14 bits per heavy atom. The van der Waals surface area contributed by atoms with E-state index in [2.05, 4.69) is 25.6 Å². The van der Waals surface area contributed by atoms with E-state index < -0.39 is 0 Å². The Balaban J connectivity index is 1.34. The van der Waals surface area contributed by atoms with Gasteiger partial charge in [0.15, 0.2) is 0 Å². The lowest BCUT2D eigenvalue weighted by molar-refractivity contribution is -0.137. The van der Waals surface area contributed by atoms with Gasteiger partial charge in [-0.3, -0.25) is 0 Å². The second-order valence-electron chi connectivity index (χ2n) is 9.98. The third kappa shape index (κ3) is 10.1. The number of ether oxygens (including phenoxy) is 3. The molecule has 37 heavy (non-hydrogen) atoms. The van der Waals surface area contributed by atoms with E-state index in [-0.39, 0.29) is 11.9 Å². The van der Waals surface area contributed by atoms with Crippen molar-refractivity contribution in [2.75, 3.05) is 13.2 Å². The molecule has 2 aromatic carbocycles. The maximum Gasteiger partial charge on any atom is 0.343 e. The molecule has 0 spiro atoms. The van der Waals surface area contributed by atoms with Crippen molar-refractivity contribution in [3.8, 4) is 11.5 Å². The monoisotopic (exact) mass is 506 g/mol. The van der Waals surface area contributed by atoms with Crippen molar-refractivity contribution in [3.05, 3.63) is 72.3 Å². The Bertz CT molecular complexity index is 956. The number of carbonyl (C=O) groups is 2. The quantitative estimate of drug-likeness (QED) is 0.106. The van der Waals surface area contributed by atoms with Crippen LogP contribution in [0.2, 0.25) is 0 Å². The second kappa shape index (κ2) is 15.9. The predicted octanol–water partition coefficient (Wildman–Crippen LogP) is 8.04. The summed E-state index contributed by atoms with van der Waals surface area (Å²) in [5, 5.41) is 0. The van der Waals surface area contributed by atoms with E-state index in [9.17, 15) is 9.59 Å². The summed E-state index contributed by atoms with van der Waals surface area (Å²) >= 11 is 0. The van der Waals surface area contributed by atoms with Crippen molar-refractivity contribution >= 4 is 11.9 Å². The molecule has 0 unspecified atom stereocenters. The summed E-state index contributed by atoms with van der Waals surface area (Å²) in [4.78, 5) is 23.6. The Hall–Kier alpha value is -3.08. The highest BCUT2D eigenvalue weighted by molar-refractivity contribution is 5.91. The Morgan fingerprint density at radius 1 is 0.838 bits per heavy atom. The van der Waals surface area contributed by atoms with Gasteiger partial charge in [0.25, 0.3) is 0 Å². The molecular formula is C32H42O5. The van der Waals surface area contributed by atoms with Crippen LogP contribution in [0.1, 0.15) is 99.4 Å². The molecule has 0 saturated heterocycles. The van der Waals surface area contributed by atoms with Crippen LogP contribution in [0.4, 0.5) is 0 Å². The molecule has 1 aliphatic carbocycles. The summed E-state index contributed by atoms with van der Waals surface area (Å²) in [6.07, 6.45) is 14.1. The minimum absolute atomic E-state index is 0.368. The van der Waals surface area contributed by atoms with Gasteiger partial charge in [-0.2, -0.15) is 0 Å². The lowest BCUT2D eigenvalue weighted by Crippen LogP contribution is -2.13. The summed E-state index contributed by atoms with van der Waals surface area (Å²) in [5.74, 6) is 2.08. The summed E-state index contributed by atoms with van der Waals surface area (Å²) < 4.78 is 16.3. The van der Waals surface area contributed by atoms with Gasteiger partial charge >= 0.3 is 11.9 Å². The SMILES string of the molecule is C=CC(=O)OCCCCCCOc1ccc(C(=O)Oc2ccc(C3CCC(CCCC)CC3)cc2)cc1. The first kappa shape index (κ1) is 28.5. The fourth-order valence-electron chi connectivity index (χ4n) is 4.92. The first-order valence-corrected chi connectivity index (χ1v) is 13.9. The highest BCUT2D eigenvalue weighted by atomic mass is 16.5. The van der Waals surface area contributed by atoms with E-state index in [1.807, 2.05) is 12.1 Å². The summed E-state index contributed by atoms with van der Waals surface area (Å²) in [6, 6.07) is 15.1. The van der Waals surface area contributed by atoms with Crippen molar-refractivity contribution in [2.24, 2.45) is 5.92 Å². The van der Waals surface area contributed by atoms with E-state index in [1.165, 1.54) is 56.6 Å². The number of hydrogen-bond acceptors (Lipinski definition) is 5. The van der Waals surface area contributed by atoms with Crippen LogP contribution in [-0.4, -0.2) is 25.2 Å². The molecule has 0 aliphatic heterocycles. The van der Waals surface area contributed by atoms with Crippen molar-refractivity contribution in [2.45, 2.75) is 83.5 Å². The summed E-state index contributed by atoms with van der Waals surface area (Å²) in [6.45, 7) is 6.66. The van der Waals surface area contributed by atoms with Gasteiger partial charge in [-0.15, -0.1) is 0 Å². The smallest absolute Gasteiger partial charge is 0.343 e. The molecule has 2 aromatic rings. The molecule has 3 rings (SSSR count). The average molecular weight is 507 g/mol. The topological polar surface area (TPSA) is 61.8 Å². The van der Waals surface area contributed by atoms with Crippen LogP contribution in [0.15, 0.2) is 61.2 Å². The molecule has 200 valence electrons. The number of benzene rings is 2. The van der Waals surface area contributed by atoms with Crippen LogP contribution < -0.4 is 9.47 Å². The maximum atomic E-state index is 12.6. The van der Waals surface area contributed by atoms with Crippen molar-refractivity contribution in [1.82, 2.24) is 0 Å². The van der Waals surface area contributed by atoms with Gasteiger partial charge in [-0.25, -0.2) is 9.59 Å². The Kier molecular flexibility index (Phi) is 12.2. The van der Waals surface area contributed by atoms with Gasteiger partial charge in [0.2, 0.25) is 0 Å². The zero-order valence-electron chi connectivity index (χ0n) is 22.3. The molecular weight excluding hydrogens is 464 g/mol. The molecule has 0 heterocycles. The fourth-order valence-corrected chi connectivity index (χ4v) is 4.92. The molecule has 0 radical (unpaired) electrons. The fraction of sp³-hybridized carbons (Fsp3) is 0.500. The number of carbonyl (C=O) groups excluding carboxylic acids is 2. The predicted molar refractivity (Wildman–Crippen MR) is 147 cm³/mol. The lowest BCUT2D eigenvalue weighted by atomic mass is 9.77. The van der Waals surface area contributed by atoms with Gasteiger partial charge in [0.1, 0.15) is 11.5 Å². The van der Waals surface area contributed by atoms with Gasteiger partial charge < -0.3 is 14.2 Å². The highest BCUT2D eigenvalue weighted by Crippen LogP contribution is 2.38. The number of esters is 2. The molecule has 0 N–H and O–H groups in total. The molecule has 5 heteroatoms. The molecule has 0 amide bonds. The van der Waals surface area contributed by atoms with E-state index >= 15 is 0 Å². The lowest BCUT2D eigenvalue weighted by Gasteiger charge is -2.28. The maximum absolute atomic E-state index is 12.6. The Labute approximate surface area is 222 Å². The number of unbranched alkanes of at least 4 members (excludes halogenated alkanes) is 4.